The maximum absolute atomic E-state index is 4.09. The Balaban J connectivity index is 1.95. The van der Waals surface area contributed by atoms with Gasteiger partial charge in [0.25, 0.3) is 0 Å². The zero-order chi connectivity index (χ0) is 11.4. The lowest BCUT2D eigenvalue weighted by atomic mass is 10.0. The fourth-order valence-corrected chi connectivity index (χ4v) is 2.03. The molecule has 2 atom stereocenters. The average molecular weight is 218 g/mol. The van der Waals surface area contributed by atoms with Gasteiger partial charge in [-0.25, -0.2) is 0 Å². The van der Waals surface area contributed by atoms with E-state index in [0.29, 0.717) is 6.04 Å². The summed E-state index contributed by atoms with van der Waals surface area (Å²) in [4.78, 5) is 4.09. The van der Waals surface area contributed by atoms with Crippen LogP contribution in [0.4, 0.5) is 0 Å². The van der Waals surface area contributed by atoms with Gasteiger partial charge >= 0.3 is 0 Å². The molecule has 0 saturated heterocycles. The van der Waals surface area contributed by atoms with Crippen molar-refractivity contribution in [3.63, 3.8) is 0 Å². The molecule has 88 valence electrons. The van der Waals surface area contributed by atoms with Gasteiger partial charge in [-0.1, -0.05) is 20.3 Å². The summed E-state index contributed by atoms with van der Waals surface area (Å²) in [7, 11) is 0. The molecule has 1 heterocycles. The Morgan fingerprint density at radius 1 is 1.38 bits per heavy atom. The molecule has 0 aliphatic heterocycles. The van der Waals surface area contributed by atoms with Crippen LogP contribution >= 0.6 is 0 Å². The first-order valence-electron chi connectivity index (χ1n) is 6.44. The molecule has 0 radical (unpaired) electrons. The first kappa shape index (κ1) is 11.6. The Morgan fingerprint density at radius 2 is 2.06 bits per heavy atom. The second-order valence-corrected chi connectivity index (χ2v) is 5.02. The molecule has 0 bridgehead atoms. The number of pyridine rings is 1. The SMILES string of the molecule is CCC(C)CNC(c1ccncc1)C1CC1. The van der Waals surface area contributed by atoms with Crippen molar-refractivity contribution in [1.82, 2.24) is 10.3 Å². The van der Waals surface area contributed by atoms with E-state index < -0.39 is 0 Å². The van der Waals surface area contributed by atoms with Crippen LogP contribution in [0.1, 0.15) is 44.7 Å². The van der Waals surface area contributed by atoms with Gasteiger partial charge in [-0.05, 0) is 48.9 Å². The second kappa shape index (κ2) is 5.44. The molecule has 0 spiro atoms. The van der Waals surface area contributed by atoms with Gasteiger partial charge in [0, 0.05) is 18.4 Å². The van der Waals surface area contributed by atoms with E-state index in [1.807, 2.05) is 12.4 Å². The monoisotopic (exact) mass is 218 g/mol. The summed E-state index contributed by atoms with van der Waals surface area (Å²) in [5, 5.41) is 3.72. The van der Waals surface area contributed by atoms with Crippen LogP contribution in [-0.4, -0.2) is 11.5 Å². The summed E-state index contributed by atoms with van der Waals surface area (Å²) in [6, 6.07) is 4.84. The molecule has 1 aliphatic rings. The van der Waals surface area contributed by atoms with Crippen molar-refractivity contribution >= 4 is 0 Å². The minimum atomic E-state index is 0.553. The quantitative estimate of drug-likeness (QED) is 0.793. The van der Waals surface area contributed by atoms with Gasteiger partial charge < -0.3 is 5.32 Å². The number of aromatic nitrogens is 1. The Bertz CT molecular complexity index is 306. The minimum Gasteiger partial charge on any atom is -0.309 e. The van der Waals surface area contributed by atoms with Gasteiger partial charge in [0.05, 0.1) is 0 Å². The minimum absolute atomic E-state index is 0.553. The van der Waals surface area contributed by atoms with Crippen LogP contribution in [0.2, 0.25) is 0 Å². The average Bonchev–Trinajstić information content (AvgIpc) is 3.15. The molecule has 2 rings (SSSR count). The highest BCUT2D eigenvalue weighted by Crippen LogP contribution is 2.40. The van der Waals surface area contributed by atoms with Crippen molar-refractivity contribution in [1.29, 1.82) is 0 Å². The standard InChI is InChI=1S/C14H22N2/c1-3-11(2)10-16-14(12-4-5-12)13-6-8-15-9-7-13/h6-9,11-12,14,16H,3-5,10H2,1-2H3. The highest BCUT2D eigenvalue weighted by atomic mass is 14.9. The van der Waals surface area contributed by atoms with Crippen molar-refractivity contribution in [2.75, 3.05) is 6.54 Å². The maximum atomic E-state index is 4.09. The highest BCUT2D eigenvalue weighted by molar-refractivity contribution is 5.17. The molecule has 2 heteroatoms. The van der Waals surface area contributed by atoms with Gasteiger partial charge in [-0.3, -0.25) is 4.98 Å². The summed E-state index contributed by atoms with van der Waals surface area (Å²) < 4.78 is 0. The van der Waals surface area contributed by atoms with Crippen LogP contribution in [0.15, 0.2) is 24.5 Å². The third-order valence-electron chi connectivity index (χ3n) is 3.54. The van der Waals surface area contributed by atoms with E-state index in [1.165, 1.54) is 24.8 Å². The van der Waals surface area contributed by atoms with Crippen LogP contribution in [0.3, 0.4) is 0 Å². The fraction of sp³-hybridized carbons (Fsp3) is 0.643. The molecular formula is C14H22N2. The number of hydrogen-bond donors (Lipinski definition) is 1. The molecular weight excluding hydrogens is 196 g/mol. The van der Waals surface area contributed by atoms with Crippen molar-refractivity contribution in [3.05, 3.63) is 30.1 Å². The molecule has 1 aliphatic carbocycles. The molecule has 1 aromatic rings. The molecule has 1 N–H and O–H groups in total. The third-order valence-corrected chi connectivity index (χ3v) is 3.54. The Hall–Kier alpha value is -0.890. The molecule has 0 amide bonds. The van der Waals surface area contributed by atoms with Gasteiger partial charge in [0.15, 0.2) is 0 Å². The van der Waals surface area contributed by atoms with Gasteiger partial charge in [0.2, 0.25) is 0 Å². The van der Waals surface area contributed by atoms with E-state index in [1.54, 1.807) is 0 Å². The summed E-state index contributed by atoms with van der Waals surface area (Å²) in [5.41, 5.74) is 1.40. The number of nitrogens with one attached hydrogen (secondary N) is 1. The predicted octanol–water partition coefficient (Wildman–Crippen LogP) is 3.17. The number of nitrogens with zero attached hydrogens (tertiary/aromatic N) is 1. The predicted molar refractivity (Wildman–Crippen MR) is 67.2 cm³/mol. The Labute approximate surface area is 98.5 Å². The van der Waals surface area contributed by atoms with E-state index >= 15 is 0 Å². The van der Waals surface area contributed by atoms with Crippen molar-refractivity contribution < 1.29 is 0 Å². The first-order valence-corrected chi connectivity index (χ1v) is 6.44. The van der Waals surface area contributed by atoms with Crippen LogP contribution < -0.4 is 5.32 Å². The first-order chi connectivity index (χ1) is 7.81. The molecule has 2 nitrogen and oxygen atoms in total. The largest absolute Gasteiger partial charge is 0.309 e. The fourth-order valence-electron chi connectivity index (χ4n) is 2.03. The van der Waals surface area contributed by atoms with Crippen LogP contribution in [0.25, 0.3) is 0 Å². The molecule has 0 aromatic carbocycles. The van der Waals surface area contributed by atoms with E-state index in [2.05, 4.69) is 36.3 Å². The Kier molecular flexibility index (Phi) is 3.94. The van der Waals surface area contributed by atoms with Crippen molar-refractivity contribution in [3.8, 4) is 0 Å². The molecule has 1 saturated carbocycles. The molecule has 2 unspecified atom stereocenters. The normalized spacial score (nSPS) is 19.4. The molecule has 16 heavy (non-hydrogen) atoms. The molecule has 1 fully saturated rings. The summed E-state index contributed by atoms with van der Waals surface area (Å²) in [5.74, 6) is 1.62. The lowest BCUT2D eigenvalue weighted by molar-refractivity contribution is 0.417. The zero-order valence-electron chi connectivity index (χ0n) is 10.3. The van der Waals surface area contributed by atoms with Gasteiger partial charge in [-0.15, -0.1) is 0 Å². The van der Waals surface area contributed by atoms with Crippen molar-refractivity contribution in [2.45, 2.75) is 39.2 Å². The lowest BCUT2D eigenvalue weighted by Gasteiger charge is -2.20. The maximum Gasteiger partial charge on any atom is 0.0349 e. The summed E-state index contributed by atoms with van der Waals surface area (Å²) in [6.45, 7) is 5.69. The number of hydrogen-bond acceptors (Lipinski definition) is 2. The summed E-state index contributed by atoms with van der Waals surface area (Å²) >= 11 is 0. The van der Waals surface area contributed by atoms with Crippen LogP contribution in [0, 0.1) is 11.8 Å². The molecule has 1 aromatic heterocycles. The summed E-state index contributed by atoms with van der Waals surface area (Å²) in [6.07, 6.45) is 7.80. The van der Waals surface area contributed by atoms with E-state index in [4.69, 9.17) is 0 Å². The van der Waals surface area contributed by atoms with Crippen LogP contribution in [0.5, 0.6) is 0 Å². The second-order valence-electron chi connectivity index (χ2n) is 5.02. The third kappa shape index (κ3) is 3.05. The van der Waals surface area contributed by atoms with E-state index in [9.17, 15) is 0 Å². The topological polar surface area (TPSA) is 24.9 Å². The lowest BCUT2D eigenvalue weighted by Crippen LogP contribution is -2.27. The van der Waals surface area contributed by atoms with E-state index in [-0.39, 0.29) is 0 Å². The van der Waals surface area contributed by atoms with Gasteiger partial charge in [-0.2, -0.15) is 0 Å². The van der Waals surface area contributed by atoms with E-state index in [0.717, 1.165) is 18.4 Å². The van der Waals surface area contributed by atoms with Crippen molar-refractivity contribution in [2.24, 2.45) is 11.8 Å². The zero-order valence-corrected chi connectivity index (χ0v) is 10.3. The highest BCUT2D eigenvalue weighted by Gasteiger charge is 2.31. The van der Waals surface area contributed by atoms with Gasteiger partial charge in [0.1, 0.15) is 0 Å². The smallest absolute Gasteiger partial charge is 0.0349 e. The Morgan fingerprint density at radius 3 is 2.62 bits per heavy atom. The number of rotatable bonds is 6. The van der Waals surface area contributed by atoms with Crippen LogP contribution in [-0.2, 0) is 0 Å².